The van der Waals surface area contributed by atoms with Crippen LogP contribution in [0.25, 0.3) is 0 Å². The fourth-order valence-electron chi connectivity index (χ4n) is 1.57. The van der Waals surface area contributed by atoms with E-state index in [1.807, 2.05) is 0 Å². The molecular weight excluding hydrogens is 217 g/mol. The van der Waals surface area contributed by atoms with Crippen molar-refractivity contribution in [1.82, 2.24) is 0 Å². The van der Waals surface area contributed by atoms with Crippen LogP contribution in [0.5, 0.6) is 0 Å². The molecule has 4 N–H and O–H groups in total. The second kappa shape index (κ2) is 4.84. The van der Waals surface area contributed by atoms with E-state index in [1.54, 1.807) is 6.92 Å². The van der Waals surface area contributed by atoms with Gasteiger partial charge in [0.25, 0.3) is 0 Å². The molecule has 0 spiro atoms. The number of hydrogen-bond acceptors (Lipinski definition) is 2. The van der Waals surface area contributed by atoms with Crippen LogP contribution in [-0.4, -0.2) is 12.6 Å². The van der Waals surface area contributed by atoms with Gasteiger partial charge in [-0.3, -0.25) is 0 Å². The van der Waals surface area contributed by atoms with Gasteiger partial charge in [0.1, 0.15) is 0 Å². The zero-order valence-corrected chi connectivity index (χ0v) is 8.96. The van der Waals surface area contributed by atoms with Gasteiger partial charge >= 0.3 is 6.18 Å². The third kappa shape index (κ3) is 2.96. The molecule has 0 amide bonds. The minimum Gasteiger partial charge on any atom is -0.330 e. The first kappa shape index (κ1) is 13.0. The molecule has 0 radical (unpaired) electrons. The van der Waals surface area contributed by atoms with E-state index in [9.17, 15) is 13.2 Å². The van der Waals surface area contributed by atoms with Crippen molar-refractivity contribution in [2.45, 2.75) is 25.1 Å². The summed E-state index contributed by atoms with van der Waals surface area (Å²) in [6, 6.07) is 4.80. The molecule has 0 bridgehead atoms. The summed E-state index contributed by atoms with van der Waals surface area (Å²) in [5, 5.41) is 0. The first-order valence-corrected chi connectivity index (χ1v) is 4.99. The minimum absolute atomic E-state index is 0.109. The van der Waals surface area contributed by atoms with Crippen LogP contribution in [0.4, 0.5) is 13.2 Å². The van der Waals surface area contributed by atoms with Gasteiger partial charge in [-0.2, -0.15) is 13.2 Å². The molecule has 2 nitrogen and oxygen atoms in total. The van der Waals surface area contributed by atoms with Gasteiger partial charge in [-0.25, -0.2) is 0 Å². The van der Waals surface area contributed by atoms with Gasteiger partial charge in [-0.05, 0) is 24.6 Å². The minimum atomic E-state index is -4.30. The van der Waals surface area contributed by atoms with E-state index in [0.717, 1.165) is 17.7 Å². The maximum atomic E-state index is 12.3. The first-order valence-electron chi connectivity index (χ1n) is 4.99. The average molecular weight is 232 g/mol. The quantitative estimate of drug-likeness (QED) is 0.838. The van der Waals surface area contributed by atoms with Crippen molar-refractivity contribution in [3.05, 3.63) is 35.4 Å². The SMILES string of the molecule is CC(N)C(CN)c1ccc(C(F)(F)F)cc1. The van der Waals surface area contributed by atoms with Crippen LogP contribution < -0.4 is 11.5 Å². The lowest BCUT2D eigenvalue weighted by atomic mass is 9.92. The van der Waals surface area contributed by atoms with Gasteiger partial charge in [0.15, 0.2) is 0 Å². The molecule has 16 heavy (non-hydrogen) atoms. The summed E-state index contributed by atoms with van der Waals surface area (Å²) in [6.07, 6.45) is -4.30. The molecule has 0 saturated heterocycles. The zero-order chi connectivity index (χ0) is 12.3. The summed E-state index contributed by atoms with van der Waals surface area (Å²) in [7, 11) is 0. The third-order valence-corrected chi connectivity index (χ3v) is 2.55. The van der Waals surface area contributed by atoms with Gasteiger partial charge in [0.2, 0.25) is 0 Å². The van der Waals surface area contributed by atoms with Crippen molar-refractivity contribution in [3.8, 4) is 0 Å². The number of benzene rings is 1. The van der Waals surface area contributed by atoms with Crippen LogP contribution in [0.3, 0.4) is 0 Å². The van der Waals surface area contributed by atoms with E-state index in [4.69, 9.17) is 11.5 Å². The van der Waals surface area contributed by atoms with Crippen molar-refractivity contribution in [1.29, 1.82) is 0 Å². The van der Waals surface area contributed by atoms with Gasteiger partial charge in [0, 0.05) is 18.5 Å². The predicted molar refractivity (Wildman–Crippen MR) is 56.9 cm³/mol. The number of rotatable bonds is 3. The topological polar surface area (TPSA) is 52.0 Å². The predicted octanol–water partition coefficient (Wildman–Crippen LogP) is 2.09. The molecule has 2 unspecified atom stereocenters. The Hall–Kier alpha value is -1.07. The number of alkyl halides is 3. The van der Waals surface area contributed by atoms with Gasteiger partial charge in [-0.1, -0.05) is 12.1 Å². The summed E-state index contributed by atoms with van der Waals surface area (Å²) in [4.78, 5) is 0. The normalized spacial score (nSPS) is 15.9. The van der Waals surface area contributed by atoms with Crippen LogP contribution in [0.2, 0.25) is 0 Å². The Morgan fingerprint density at radius 2 is 1.69 bits per heavy atom. The van der Waals surface area contributed by atoms with E-state index in [2.05, 4.69) is 0 Å². The maximum Gasteiger partial charge on any atom is 0.416 e. The van der Waals surface area contributed by atoms with Crippen LogP contribution in [-0.2, 0) is 6.18 Å². The fourth-order valence-corrected chi connectivity index (χ4v) is 1.57. The van der Waals surface area contributed by atoms with Crippen molar-refractivity contribution in [3.63, 3.8) is 0 Å². The molecule has 0 aliphatic carbocycles. The molecule has 5 heteroatoms. The van der Waals surface area contributed by atoms with Crippen molar-refractivity contribution in [2.75, 3.05) is 6.54 Å². The van der Waals surface area contributed by atoms with E-state index in [-0.39, 0.29) is 12.0 Å². The van der Waals surface area contributed by atoms with Crippen LogP contribution in [0.15, 0.2) is 24.3 Å². The van der Waals surface area contributed by atoms with E-state index >= 15 is 0 Å². The third-order valence-electron chi connectivity index (χ3n) is 2.55. The van der Waals surface area contributed by atoms with Gasteiger partial charge in [-0.15, -0.1) is 0 Å². The zero-order valence-electron chi connectivity index (χ0n) is 8.96. The Balaban J connectivity index is 2.94. The highest BCUT2D eigenvalue weighted by Crippen LogP contribution is 2.30. The Morgan fingerprint density at radius 3 is 2.00 bits per heavy atom. The number of hydrogen-bond donors (Lipinski definition) is 2. The highest BCUT2D eigenvalue weighted by Gasteiger charge is 2.30. The largest absolute Gasteiger partial charge is 0.416 e. The molecule has 1 aromatic carbocycles. The molecule has 0 fully saturated rings. The van der Waals surface area contributed by atoms with Crippen LogP contribution in [0.1, 0.15) is 24.0 Å². The number of halogens is 3. The lowest BCUT2D eigenvalue weighted by Gasteiger charge is -2.19. The summed E-state index contributed by atoms with van der Waals surface area (Å²) in [5.74, 6) is -0.109. The summed E-state index contributed by atoms with van der Waals surface area (Å²) >= 11 is 0. The summed E-state index contributed by atoms with van der Waals surface area (Å²) < 4.78 is 36.9. The van der Waals surface area contributed by atoms with E-state index < -0.39 is 11.7 Å². The molecule has 0 aliphatic heterocycles. The Labute approximate surface area is 92.4 Å². The fraction of sp³-hybridized carbons (Fsp3) is 0.455. The highest BCUT2D eigenvalue weighted by atomic mass is 19.4. The molecule has 90 valence electrons. The number of nitrogens with two attached hydrogens (primary N) is 2. The van der Waals surface area contributed by atoms with Crippen LogP contribution in [0, 0.1) is 0 Å². The second-order valence-corrected chi connectivity index (χ2v) is 3.82. The lowest BCUT2D eigenvalue weighted by molar-refractivity contribution is -0.137. The van der Waals surface area contributed by atoms with Gasteiger partial charge < -0.3 is 11.5 Å². The summed E-state index contributed by atoms with van der Waals surface area (Å²) in [5.41, 5.74) is 11.3. The Bertz CT molecular complexity index is 330. The first-order chi connectivity index (χ1) is 7.36. The Kier molecular flexibility index (Phi) is 3.93. The lowest BCUT2D eigenvalue weighted by Crippen LogP contribution is -2.30. The molecule has 1 aromatic rings. The maximum absolute atomic E-state index is 12.3. The smallest absolute Gasteiger partial charge is 0.330 e. The van der Waals surface area contributed by atoms with E-state index in [0.29, 0.717) is 6.54 Å². The van der Waals surface area contributed by atoms with Crippen molar-refractivity contribution < 1.29 is 13.2 Å². The molecule has 0 aliphatic rings. The summed E-state index contributed by atoms with van der Waals surface area (Å²) in [6.45, 7) is 2.11. The molecular formula is C11H15F3N2. The molecule has 0 heterocycles. The Morgan fingerprint density at radius 1 is 1.19 bits per heavy atom. The molecule has 0 aromatic heterocycles. The van der Waals surface area contributed by atoms with E-state index in [1.165, 1.54) is 12.1 Å². The molecule has 0 saturated carbocycles. The second-order valence-electron chi connectivity index (χ2n) is 3.82. The molecule has 1 rings (SSSR count). The van der Waals surface area contributed by atoms with Crippen molar-refractivity contribution >= 4 is 0 Å². The standard InChI is InChI=1S/C11H15F3N2/c1-7(16)10(6-15)8-2-4-9(5-3-8)11(12,13)14/h2-5,7,10H,6,15-16H2,1H3. The average Bonchev–Trinajstić information content (AvgIpc) is 2.17. The van der Waals surface area contributed by atoms with Crippen molar-refractivity contribution in [2.24, 2.45) is 11.5 Å². The van der Waals surface area contributed by atoms with Crippen LogP contribution >= 0.6 is 0 Å². The highest BCUT2D eigenvalue weighted by molar-refractivity contribution is 5.28. The monoisotopic (exact) mass is 232 g/mol. The molecule has 2 atom stereocenters. The van der Waals surface area contributed by atoms with Gasteiger partial charge in [0.05, 0.1) is 5.56 Å².